The van der Waals surface area contributed by atoms with Crippen LogP contribution in [0.1, 0.15) is 32.6 Å². The summed E-state index contributed by atoms with van der Waals surface area (Å²) in [4.78, 5) is 0. The molecule has 0 aliphatic carbocycles. The van der Waals surface area contributed by atoms with Crippen LogP contribution in [-0.2, 0) is 0 Å². The van der Waals surface area contributed by atoms with Gasteiger partial charge in [0, 0.05) is 0 Å². The van der Waals surface area contributed by atoms with E-state index in [2.05, 4.69) is 13.5 Å². The first-order chi connectivity index (χ1) is 4.31. The van der Waals surface area contributed by atoms with E-state index in [9.17, 15) is 0 Å². The van der Waals surface area contributed by atoms with E-state index in [0.29, 0.717) is 0 Å². The summed E-state index contributed by atoms with van der Waals surface area (Å²) in [6.07, 6.45) is 4.65. The summed E-state index contributed by atoms with van der Waals surface area (Å²) in [7, 11) is 0. The predicted molar refractivity (Wildman–Crippen MR) is 40.4 cm³/mol. The summed E-state index contributed by atoms with van der Waals surface area (Å²) in [5, 5.41) is 8.53. The maximum absolute atomic E-state index is 8.53. The molecule has 0 atom stereocenters. The van der Waals surface area contributed by atoms with Gasteiger partial charge in [-0.2, -0.15) is 0 Å². The fourth-order valence-corrected chi connectivity index (χ4v) is 0.704. The molecule has 0 unspecified atom stereocenters. The highest BCUT2D eigenvalue weighted by molar-refractivity contribution is 4.92. The lowest BCUT2D eigenvalue weighted by atomic mass is 10.1. The lowest BCUT2D eigenvalue weighted by Gasteiger charge is -1.98. The topological polar surface area (TPSA) is 20.2 Å². The Morgan fingerprint density at radius 1 is 1.44 bits per heavy atom. The Balaban J connectivity index is 2.97. The van der Waals surface area contributed by atoms with Gasteiger partial charge in [0.2, 0.25) is 0 Å². The van der Waals surface area contributed by atoms with Gasteiger partial charge in [-0.1, -0.05) is 31.9 Å². The summed E-state index contributed by atoms with van der Waals surface area (Å²) in [6.45, 7) is 6.02. The van der Waals surface area contributed by atoms with Crippen molar-refractivity contribution >= 4 is 0 Å². The third-order valence-electron chi connectivity index (χ3n) is 1.36. The molecule has 0 heterocycles. The number of aliphatic hydroxyl groups excluding tert-OH is 1. The minimum absolute atomic E-state index is 0.156. The van der Waals surface area contributed by atoms with Crippen LogP contribution in [-0.4, -0.2) is 11.7 Å². The summed E-state index contributed by atoms with van der Waals surface area (Å²) >= 11 is 0. The first kappa shape index (κ1) is 8.70. The zero-order valence-corrected chi connectivity index (χ0v) is 6.19. The number of aliphatic hydroxyl groups is 1. The molecule has 0 aromatic heterocycles. The second-order valence-electron chi connectivity index (χ2n) is 2.37. The lowest BCUT2D eigenvalue weighted by molar-refractivity contribution is 0.326. The zero-order valence-electron chi connectivity index (χ0n) is 6.19. The molecular weight excluding hydrogens is 112 g/mol. The zero-order chi connectivity index (χ0) is 7.11. The Hall–Kier alpha value is -0.300. The predicted octanol–water partition coefficient (Wildman–Crippen LogP) is 2.12. The van der Waals surface area contributed by atoms with Crippen molar-refractivity contribution in [3.05, 3.63) is 12.2 Å². The van der Waals surface area contributed by atoms with Gasteiger partial charge in [-0.15, -0.1) is 0 Å². The van der Waals surface area contributed by atoms with Gasteiger partial charge in [0.15, 0.2) is 0 Å². The molecular formula is C8H16O. The van der Waals surface area contributed by atoms with Crippen molar-refractivity contribution in [2.45, 2.75) is 32.6 Å². The van der Waals surface area contributed by atoms with Crippen molar-refractivity contribution in [3.8, 4) is 0 Å². The molecule has 9 heavy (non-hydrogen) atoms. The lowest BCUT2D eigenvalue weighted by Crippen LogP contribution is -1.87. The minimum atomic E-state index is 0.156. The Morgan fingerprint density at radius 2 is 2.11 bits per heavy atom. The van der Waals surface area contributed by atoms with Gasteiger partial charge in [-0.25, -0.2) is 0 Å². The standard InChI is InChI=1S/C8H16O/c1-3-4-5-6-8(2)7-9/h9H,2-7H2,1H3. The van der Waals surface area contributed by atoms with Gasteiger partial charge in [0.1, 0.15) is 0 Å². The highest BCUT2D eigenvalue weighted by Gasteiger charge is 1.89. The average Bonchev–Trinajstić information content (AvgIpc) is 1.89. The van der Waals surface area contributed by atoms with Crippen molar-refractivity contribution in [2.24, 2.45) is 0 Å². The fourth-order valence-electron chi connectivity index (χ4n) is 0.704. The van der Waals surface area contributed by atoms with Gasteiger partial charge in [0.05, 0.1) is 6.61 Å². The molecule has 54 valence electrons. The van der Waals surface area contributed by atoms with Crippen molar-refractivity contribution < 1.29 is 5.11 Å². The van der Waals surface area contributed by atoms with Crippen LogP contribution in [0.25, 0.3) is 0 Å². The van der Waals surface area contributed by atoms with Crippen LogP contribution in [0, 0.1) is 0 Å². The highest BCUT2D eigenvalue weighted by atomic mass is 16.3. The Bertz CT molecular complexity index is 76.6. The van der Waals surface area contributed by atoms with Gasteiger partial charge in [-0.3, -0.25) is 0 Å². The molecule has 0 aliphatic heterocycles. The molecule has 0 bridgehead atoms. The highest BCUT2D eigenvalue weighted by Crippen LogP contribution is 2.05. The van der Waals surface area contributed by atoms with Gasteiger partial charge >= 0.3 is 0 Å². The van der Waals surface area contributed by atoms with Crippen molar-refractivity contribution in [2.75, 3.05) is 6.61 Å². The van der Waals surface area contributed by atoms with Crippen LogP contribution in [0.2, 0.25) is 0 Å². The van der Waals surface area contributed by atoms with Crippen LogP contribution in [0.15, 0.2) is 12.2 Å². The summed E-state index contributed by atoms with van der Waals surface area (Å²) in [5.74, 6) is 0. The van der Waals surface area contributed by atoms with Crippen molar-refractivity contribution in [1.29, 1.82) is 0 Å². The van der Waals surface area contributed by atoms with E-state index in [1.807, 2.05) is 0 Å². The maximum atomic E-state index is 8.53. The molecule has 1 N–H and O–H groups in total. The quantitative estimate of drug-likeness (QED) is 0.444. The Kier molecular flexibility index (Phi) is 5.64. The normalized spacial score (nSPS) is 9.56. The molecule has 0 spiro atoms. The third kappa shape index (κ3) is 5.57. The minimum Gasteiger partial charge on any atom is -0.392 e. The van der Waals surface area contributed by atoms with Crippen LogP contribution in [0.3, 0.4) is 0 Å². The molecule has 1 heteroatoms. The molecule has 0 aromatic carbocycles. The SMILES string of the molecule is C=C(CO)CCCCC. The smallest absolute Gasteiger partial charge is 0.0639 e. The van der Waals surface area contributed by atoms with E-state index in [0.717, 1.165) is 12.0 Å². The summed E-state index contributed by atoms with van der Waals surface area (Å²) in [6, 6.07) is 0. The average molecular weight is 128 g/mol. The number of unbranched alkanes of at least 4 members (excludes halogenated alkanes) is 2. The van der Waals surface area contributed by atoms with Gasteiger partial charge in [0.25, 0.3) is 0 Å². The molecule has 0 radical (unpaired) electrons. The van der Waals surface area contributed by atoms with Gasteiger partial charge < -0.3 is 5.11 Å². The number of rotatable bonds is 5. The fraction of sp³-hybridized carbons (Fsp3) is 0.750. The monoisotopic (exact) mass is 128 g/mol. The van der Waals surface area contributed by atoms with Crippen LogP contribution in [0.4, 0.5) is 0 Å². The van der Waals surface area contributed by atoms with E-state index < -0.39 is 0 Å². The van der Waals surface area contributed by atoms with E-state index >= 15 is 0 Å². The van der Waals surface area contributed by atoms with Crippen molar-refractivity contribution in [1.82, 2.24) is 0 Å². The molecule has 0 fully saturated rings. The molecule has 0 aromatic rings. The Labute approximate surface area is 57.4 Å². The van der Waals surface area contributed by atoms with E-state index in [1.54, 1.807) is 0 Å². The maximum Gasteiger partial charge on any atom is 0.0639 e. The molecule has 0 saturated carbocycles. The molecule has 0 saturated heterocycles. The van der Waals surface area contributed by atoms with Gasteiger partial charge in [-0.05, 0) is 12.8 Å². The Morgan fingerprint density at radius 3 is 2.56 bits per heavy atom. The van der Waals surface area contributed by atoms with Crippen LogP contribution < -0.4 is 0 Å². The third-order valence-corrected chi connectivity index (χ3v) is 1.36. The molecule has 0 amide bonds. The van der Waals surface area contributed by atoms with Crippen LogP contribution >= 0.6 is 0 Å². The van der Waals surface area contributed by atoms with E-state index in [1.165, 1.54) is 19.3 Å². The largest absolute Gasteiger partial charge is 0.392 e. The summed E-state index contributed by atoms with van der Waals surface area (Å²) in [5.41, 5.74) is 0.962. The van der Waals surface area contributed by atoms with E-state index in [4.69, 9.17) is 5.11 Å². The second-order valence-corrected chi connectivity index (χ2v) is 2.37. The first-order valence-corrected chi connectivity index (χ1v) is 3.58. The number of hydrogen-bond donors (Lipinski definition) is 1. The first-order valence-electron chi connectivity index (χ1n) is 3.58. The van der Waals surface area contributed by atoms with Crippen molar-refractivity contribution in [3.63, 3.8) is 0 Å². The number of hydrogen-bond acceptors (Lipinski definition) is 1. The molecule has 0 aliphatic rings. The van der Waals surface area contributed by atoms with Crippen LogP contribution in [0.5, 0.6) is 0 Å². The second kappa shape index (κ2) is 5.83. The molecule has 1 nitrogen and oxygen atoms in total. The summed E-state index contributed by atoms with van der Waals surface area (Å²) < 4.78 is 0. The van der Waals surface area contributed by atoms with E-state index in [-0.39, 0.29) is 6.61 Å². The molecule has 0 rings (SSSR count).